The number of nitrogens with two attached hydrogens (primary N) is 1. The molecule has 5 nitrogen and oxygen atoms in total. The average molecular weight is 334 g/mol. The summed E-state index contributed by atoms with van der Waals surface area (Å²) < 4.78 is 0. The number of halogens is 1. The van der Waals surface area contributed by atoms with E-state index < -0.39 is 0 Å². The van der Waals surface area contributed by atoms with Crippen molar-refractivity contribution in [3.05, 3.63) is 65.8 Å². The first-order valence-electron chi connectivity index (χ1n) is 7.32. The molecule has 0 unspecified atom stereocenters. The summed E-state index contributed by atoms with van der Waals surface area (Å²) in [5.74, 6) is 0.131. The van der Waals surface area contributed by atoms with Gasteiger partial charge < -0.3 is 5.73 Å². The van der Waals surface area contributed by atoms with E-state index in [1.54, 1.807) is 6.20 Å². The number of rotatable bonds is 2. The molecule has 4 aromatic rings. The molecule has 0 atom stereocenters. The van der Waals surface area contributed by atoms with Crippen molar-refractivity contribution in [3.8, 4) is 22.5 Å². The third-order valence-corrected chi connectivity index (χ3v) is 3.97. The first-order chi connectivity index (χ1) is 11.7. The lowest BCUT2D eigenvalue weighted by atomic mass is 10.0. The van der Waals surface area contributed by atoms with E-state index in [-0.39, 0.29) is 5.95 Å². The Hall–Kier alpha value is -3.05. The minimum Gasteiger partial charge on any atom is -0.366 e. The number of benzene rings is 2. The fourth-order valence-corrected chi connectivity index (χ4v) is 2.89. The number of aromatic nitrogens is 4. The van der Waals surface area contributed by atoms with Gasteiger partial charge in [0, 0.05) is 22.7 Å². The molecule has 24 heavy (non-hydrogen) atoms. The van der Waals surface area contributed by atoms with Crippen molar-refractivity contribution in [1.29, 1.82) is 0 Å². The Morgan fingerprint density at radius 2 is 1.67 bits per heavy atom. The average Bonchev–Trinajstić information content (AvgIpc) is 2.62. The summed E-state index contributed by atoms with van der Waals surface area (Å²) in [6, 6.07) is 17.4. The molecule has 0 aliphatic rings. The highest BCUT2D eigenvalue weighted by atomic mass is 35.5. The number of nitrogens with zero attached hydrogens (tertiary/aromatic N) is 4. The van der Waals surface area contributed by atoms with Crippen LogP contribution in [0.25, 0.3) is 33.4 Å². The number of nitrogen functional groups attached to an aromatic ring is 1. The van der Waals surface area contributed by atoms with Crippen LogP contribution in [0.1, 0.15) is 0 Å². The lowest BCUT2D eigenvalue weighted by Crippen LogP contribution is -2.02. The summed E-state index contributed by atoms with van der Waals surface area (Å²) >= 11 is 6.39. The summed E-state index contributed by atoms with van der Waals surface area (Å²) in [6.07, 6.45) is 1.72. The maximum absolute atomic E-state index is 6.39. The maximum atomic E-state index is 6.39. The highest BCUT2D eigenvalue weighted by molar-refractivity contribution is 6.35. The number of hydrogen-bond donors (Lipinski definition) is 1. The van der Waals surface area contributed by atoms with E-state index in [0.717, 1.165) is 22.0 Å². The van der Waals surface area contributed by atoms with Crippen molar-refractivity contribution >= 4 is 28.5 Å². The van der Waals surface area contributed by atoms with Crippen LogP contribution in [0.4, 0.5) is 5.95 Å². The van der Waals surface area contributed by atoms with Gasteiger partial charge in [0.1, 0.15) is 11.4 Å². The fraction of sp³-hybridized carbons (Fsp3) is 0. The van der Waals surface area contributed by atoms with Gasteiger partial charge in [-0.05, 0) is 18.2 Å². The van der Waals surface area contributed by atoms with Crippen LogP contribution in [0, 0.1) is 0 Å². The molecule has 116 valence electrons. The van der Waals surface area contributed by atoms with E-state index in [4.69, 9.17) is 17.3 Å². The van der Waals surface area contributed by atoms with Crippen molar-refractivity contribution in [2.75, 3.05) is 5.73 Å². The molecule has 2 heterocycles. The van der Waals surface area contributed by atoms with Crippen molar-refractivity contribution in [3.63, 3.8) is 0 Å². The summed E-state index contributed by atoms with van der Waals surface area (Å²) in [5.41, 5.74) is 9.52. The van der Waals surface area contributed by atoms with E-state index >= 15 is 0 Å². The highest BCUT2D eigenvalue weighted by Gasteiger charge is 2.14. The Balaban J connectivity index is 1.97. The zero-order valence-electron chi connectivity index (χ0n) is 12.5. The predicted molar refractivity (Wildman–Crippen MR) is 95.4 cm³/mol. The van der Waals surface area contributed by atoms with Crippen molar-refractivity contribution in [2.24, 2.45) is 0 Å². The van der Waals surface area contributed by atoms with Gasteiger partial charge in [-0.3, -0.25) is 4.98 Å². The van der Waals surface area contributed by atoms with Crippen LogP contribution in [0.2, 0.25) is 5.02 Å². The fourth-order valence-electron chi connectivity index (χ4n) is 2.61. The number of fused-ring (bicyclic) bond motifs is 1. The van der Waals surface area contributed by atoms with Crippen LogP contribution in [0.15, 0.2) is 60.8 Å². The molecule has 0 aliphatic carbocycles. The van der Waals surface area contributed by atoms with Crippen LogP contribution < -0.4 is 5.73 Å². The lowest BCUT2D eigenvalue weighted by Gasteiger charge is -2.09. The van der Waals surface area contributed by atoms with Gasteiger partial charge in [-0.2, -0.15) is 0 Å². The molecule has 2 aromatic heterocycles. The van der Waals surface area contributed by atoms with Gasteiger partial charge in [-0.1, -0.05) is 48.0 Å². The Morgan fingerprint density at radius 3 is 2.50 bits per heavy atom. The molecule has 0 spiro atoms. The van der Waals surface area contributed by atoms with Crippen LogP contribution in [0.3, 0.4) is 0 Å². The summed E-state index contributed by atoms with van der Waals surface area (Å²) in [7, 11) is 0. The molecular formula is C18H12ClN5. The van der Waals surface area contributed by atoms with Crippen molar-refractivity contribution in [2.45, 2.75) is 0 Å². The number of anilines is 1. The SMILES string of the molecule is Nc1nnc(-c2cc(Cl)c3ncccc3c2)c(-c2ccccc2)n1. The van der Waals surface area contributed by atoms with Gasteiger partial charge in [0.2, 0.25) is 5.95 Å². The minimum atomic E-state index is 0.131. The molecule has 2 aromatic carbocycles. The van der Waals surface area contributed by atoms with E-state index in [1.165, 1.54) is 0 Å². The molecule has 6 heteroatoms. The smallest absolute Gasteiger partial charge is 0.240 e. The normalized spacial score (nSPS) is 10.9. The minimum absolute atomic E-state index is 0.131. The Kier molecular flexibility index (Phi) is 3.55. The van der Waals surface area contributed by atoms with Gasteiger partial charge in [0.15, 0.2) is 0 Å². The summed E-state index contributed by atoms with van der Waals surface area (Å²) in [6.45, 7) is 0. The Labute approximate surface area is 143 Å². The van der Waals surface area contributed by atoms with E-state index in [1.807, 2.05) is 54.6 Å². The van der Waals surface area contributed by atoms with Gasteiger partial charge in [-0.25, -0.2) is 4.98 Å². The highest BCUT2D eigenvalue weighted by Crippen LogP contribution is 2.33. The third-order valence-electron chi connectivity index (χ3n) is 3.68. The Bertz CT molecular complexity index is 1030. The van der Waals surface area contributed by atoms with Gasteiger partial charge >= 0.3 is 0 Å². The second-order valence-corrected chi connectivity index (χ2v) is 5.67. The van der Waals surface area contributed by atoms with Crippen LogP contribution in [0.5, 0.6) is 0 Å². The van der Waals surface area contributed by atoms with Gasteiger partial charge in [0.05, 0.1) is 10.5 Å². The Morgan fingerprint density at radius 1 is 0.833 bits per heavy atom. The molecule has 4 rings (SSSR count). The van der Waals surface area contributed by atoms with Crippen LogP contribution >= 0.6 is 11.6 Å². The lowest BCUT2D eigenvalue weighted by molar-refractivity contribution is 0.997. The third kappa shape index (κ3) is 2.55. The molecule has 0 aliphatic heterocycles. The first-order valence-corrected chi connectivity index (χ1v) is 7.70. The number of pyridine rings is 1. The molecule has 0 saturated heterocycles. The van der Waals surface area contributed by atoms with Crippen LogP contribution in [-0.2, 0) is 0 Å². The topological polar surface area (TPSA) is 77.6 Å². The molecule has 0 fully saturated rings. The van der Waals surface area contributed by atoms with Gasteiger partial charge in [-0.15, -0.1) is 10.2 Å². The standard InChI is InChI=1S/C18H12ClN5/c19-14-10-13(9-12-7-4-8-21-15(12)14)17-16(22-18(20)24-23-17)11-5-2-1-3-6-11/h1-10H,(H2,20,22,24). The zero-order valence-corrected chi connectivity index (χ0v) is 13.3. The predicted octanol–water partition coefficient (Wildman–Crippen LogP) is 3.99. The van der Waals surface area contributed by atoms with E-state index in [2.05, 4.69) is 20.2 Å². The molecule has 0 bridgehead atoms. The monoisotopic (exact) mass is 333 g/mol. The number of hydrogen-bond acceptors (Lipinski definition) is 5. The maximum Gasteiger partial charge on any atom is 0.240 e. The summed E-state index contributed by atoms with van der Waals surface area (Å²) in [4.78, 5) is 8.68. The molecule has 0 saturated carbocycles. The summed E-state index contributed by atoms with van der Waals surface area (Å²) in [5, 5.41) is 9.65. The zero-order chi connectivity index (χ0) is 16.5. The second-order valence-electron chi connectivity index (χ2n) is 5.27. The molecule has 0 amide bonds. The van der Waals surface area contributed by atoms with Crippen molar-refractivity contribution in [1.82, 2.24) is 20.2 Å². The molecule has 2 N–H and O–H groups in total. The molecule has 0 radical (unpaired) electrons. The first kappa shape index (κ1) is 14.5. The van der Waals surface area contributed by atoms with Gasteiger partial charge in [0.25, 0.3) is 0 Å². The largest absolute Gasteiger partial charge is 0.366 e. The van der Waals surface area contributed by atoms with Crippen molar-refractivity contribution < 1.29 is 0 Å². The quantitative estimate of drug-likeness (QED) is 0.600. The van der Waals surface area contributed by atoms with Crippen LogP contribution in [-0.4, -0.2) is 20.2 Å². The molecular weight excluding hydrogens is 322 g/mol. The van der Waals surface area contributed by atoms with E-state index in [9.17, 15) is 0 Å². The van der Waals surface area contributed by atoms with E-state index in [0.29, 0.717) is 16.4 Å². The second kappa shape index (κ2) is 5.86.